The second kappa shape index (κ2) is 9.93. The van der Waals surface area contributed by atoms with Gasteiger partial charge in [-0.3, -0.25) is 9.59 Å². The normalized spacial score (nSPS) is 14.3. The molecule has 0 aromatic heterocycles. The van der Waals surface area contributed by atoms with E-state index in [1.54, 1.807) is 48.4 Å². The van der Waals surface area contributed by atoms with Gasteiger partial charge in [0.15, 0.2) is 6.61 Å². The third-order valence-electron chi connectivity index (χ3n) is 4.82. The van der Waals surface area contributed by atoms with E-state index in [4.69, 9.17) is 9.47 Å². The molecule has 7 heteroatoms. The van der Waals surface area contributed by atoms with Crippen molar-refractivity contribution in [2.24, 2.45) is 0 Å². The lowest BCUT2D eigenvalue weighted by Gasteiger charge is -2.29. The number of benzene rings is 2. The van der Waals surface area contributed by atoms with Crippen LogP contribution in [0.4, 0.5) is 5.69 Å². The number of aliphatic hydroxyl groups is 1. The molecule has 2 amide bonds. The Morgan fingerprint density at radius 2 is 1.79 bits per heavy atom. The molecule has 0 unspecified atom stereocenters. The van der Waals surface area contributed by atoms with E-state index >= 15 is 0 Å². The molecule has 1 fully saturated rings. The van der Waals surface area contributed by atoms with Crippen LogP contribution >= 0.6 is 0 Å². The van der Waals surface area contributed by atoms with Crippen molar-refractivity contribution in [2.45, 2.75) is 25.4 Å². The molecule has 1 heterocycles. The van der Waals surface area contributed by atoms with Crippen molar-refractivity contribution < 1.29 is 24.2 Å². The number of ether oxygens (including phenoxy) is 2. The first-order valence-corrected chi connectivity index (χ1v) is 9.65. The maximum absolute atomic E-state index is 12.4. The van der Waals surface area contributed by atoms with Crippen LogP contribution in [0.3, 0.4) is 0 Å². The van der Waals surface area contributed by atoms with Gasteiger partial charge in [0.1, 0.15) is 11.5 Å². The quantitative estimate of drug-likeness (QED) is 0.747. The fraction of sp³-hybridized carbons (Fsp3) is 0.364. The summed E-state index contributed by atoms with van der Waals surface area (Å²) in [7, 11) is 1.57. The summed E-state index contributed by atoms with van der Waals surface area (Å²) in [5.74, 6) is 0.997. The van der Waals surface area contributed by atoms with Crippen molar-refractivity contribution >= 4 is 17.5 Å². The molecule has 29 heavy (non-hydrogen) atoms. The number of carbonyl (C=O) groups is 2. The SMILES string of the molecule is COc1cccc(OCC(=O)Nc2ccc(CC(=O)N3CCC(O)CC3)cc2)c1. The van der Waals surface area contributed by atoms with Crippen LogP contribution in [0.5, 0.6) is 11.5 Å². The number of aliphatic hydroxyl groups excluding tert-OH is 1. The van der Waals surface area contributed by atoms with Gasteiger partial charge in [-0.2, -0.15) is 0 Å². The minimum atomic E-state index is -0.296. The third-order valence-corrected chi connectivity index (χ3v) is 4.82. The van der Waals surface area contributed by atoms with Crippen LogP contribution in [0.2, 0.25) is 0 Å². The highest BCUT2D eigenvalue weighted by atomic mass is 16.5. The summed E-state index contributed by atoms with van der Waals surface area (Å²) in [6.07, 6.45) is 1.28. The van der Waals surface area contributed by atoms with E-state index in [-0.39, 0.29) is 24.5 Å². The van der Waals surface area contributed by atoms with Gasteiger partial charge in [-0.25, -0.2) is 0 Å². The van der Waals surface area contributed by atoms with Crippen LogP contribution in [0, 0.1) is 0 Å². The van der Waals surface area contributed by atoms with Crippen LogP contribution in [-0.2, 0) is 16.0 Å². The lowest BCUT2D eigenvalue weighted by molar-refractivity contribution is -0.132. The molecular weight excluding hydrogens is 372 g/mol. The maximum Gasteiger partial charge on any atom is 0.262 e. The number of likely N-dealkylation sites (tertiary alicyclic amines) is 1. The molecule has 1 aliphatic rings. The van der Waals surface area contributed by atoms with E-state index in [0.717, 1.165) is 5.56 Å². The van der Waals surface area contributed by atoms with Crippen molar-refractivity contribution in [2.75, 3.05) is 32.1 Å². The molecule has 0 aliphatic carbocycles. The second-order valence-corrected chi connectivity index (χ2v) is 7.00. The Morgan fingerprint density at radius 3 is 2.48 bits per heavy atom. The van der Waals surface area contributed by atoms with Crippen LogP contribution in [-0.4, -0.2) is 54.7 Å². The van der Waals surface area contributed by atoms with Gasteiger partial charge in [-0.15, -0.1) is 0 Å². The number of amides is 2. The summed E-state index contributed by atoms with van der Waals surface area (Å²) >= 11 is 0. The number of carbonyl (C=O) groups excluding carboxylic acids is 2. The Bertz CT molecular complexity index is 829. The average molecular weight is 398 g/mol. The minimum Gasteiger partial charge on any atom is -0.497 e. The Balaban J connectivity index is 1.45. The monoisotopic (exact) mass is 398 g/mol. The zero-order valence-corrected chi connectivity index (χ0v) is 16.5. The summed E-state index contributed by atoms with van der Waals surface area (Å²) in [5.41, 5.74) is 1.52. The van der Waals surface area contributed by atoms with Crippen molar-refractivity contribution in [3.8, 4) is 11.5 Å². The number of methoxy groups -OCH3 is 1. The Hall–Kier alpha value is -3.06. The average Bonchev–Trinajstić information content (AvgIpc) is 2.74. The number of anilines is 1. The Morgan fingerprint density at radius 1 is 1.10 bits per heavy atom. The zero-order valence-electron chi connectivity index (χ0n) is 16.5. The maximum atomic E-state index is 12.4. The molecule has 0 atom stereocenters. The first-order chi connectivity index (χ1) is 14.0. The van der Waals surface area contributed by atoms with Crippen molar-refractivity contribution in [3.05, 3.63) is 54.1 Å². The first kappa shape index (κ1) is 20.7. The number of nitrogens with zero attached hydrogens (tertiary/aromatic N) is 1. The van der Waals surface area contributed by atoms with E-state index in [2.05, 4.69) is 5.32 Å². The van der Waals surface area contributed by atoms with E-state index in [1.165, 1.54) is 0 Å². The minimum absolute atomic E-state index is 0.0559. The van der Waals surface area contributed by atoms with Crippen molar-refractivity contribution in [3.63, 3.8) is 0 Å². The molecule has 7 nitrogen and oxygen atoms in total. The lowest BCUT2D eigenvalue weighted by Crippen LogP contribution is -2.40. The molecule has 2 aromatic carbocycles. The first-order valence-electron chi connectivity index (χ1n) is 9.65. The molecule has 0 saturated carbocycles. The smallest absolute Gasteiger partial charge is 0.262 e. The van der Waals surface area contributed by atoms with Crippen molar-refractivity contribution in [1.82, 2.24) is 4.90 Å². The standard InChI is InChI=1S/C22H26N2O5/c1-28-19-3-2-4-20(14-19)29-15-21(26)23-17-7-5-16(6-8-17)13-22(27)24-11-9-18(25)10-12-24/h2-8,14,18,25H,9-13,15H2,1H3,(H,23,26). The van der Waals surface area contributed by atoms with Gasteiger partial charge >= 0.3 is 0 Å². The molecule has 3 rings (SSSR count). The van der Waals surface area contributed by atoms with Crippen molar-refractivity contribution in [1.29, 1.82) is 0 Å². The molecular formula is C22H26N2O5. The van der Waals surface area contributed by atoms with E-state index in [9.17, 15) is 14.7 Å². The highest BCUT2D eigenvalue weighted by Gasteiger charge is 2.21. The van der Waals surface area contributed by atoms with Gasteiger partial charge in [0.25, 0.3) is 5.91 Å². The van der Waals surface area contributed by atoms with E-state index in [0.29, 0.717) is 49.5 Å². The fourth-order valence-corrected chi connectivity index (χ4v) is 3.14. The third kappa shape index (κ3) is 6.22. The highest BCUT2D eigenvalue weighted by molar-refractivity contribution is 5.92. The topological polar surface area (TPSA) is 88.1 Å². The summed E-state index contributed by atoms with van der Waals surface area (Å²) in [4.78, 5) is 26.2. The molecule has 2 aromatic rings. The van der Waals surface area contributed by atoms with Crippen LogP contribution < -0.4 is 14.8 Å². The molecule has 0 radical (unpaired) electrons. The number of nitrogens with one attached hydrogen (secondary N) is 1. The van der Waals surface area contributed by atoms with Gasteiger partial charge in [0.2, 0.25) is 5.91 Å². The van der Waals surface area contributed by atoms with Gasteiger partial charge < -0.3 is 24.8 Å². The van der Waals surface area contributed by atoms with Gasteiger partial charge in [0.05, 0.1) is 19.6 Å². The fourth-order valence-electron chi connectivity index (χ4n) is 3.14. The predicted molar refractivity (Wildman–Crippen MR) is 109 cm³/mol. The molecule has 1 aliphatic heterocycles. The predicted octanol–water partition coefficient (Wildman–Crippen LogP) is 2.24. The molecule has 0 spiro atoms. The Labute approximate surface area is 170 Å². The van der Waals surface area contributed by atoms with E-state index < -0.39 is 0 Å². The Kier molecular flexibility index (Phi) is 7.08. The highest BCUT2D eigenvalue weighted by Crippen LogP contribution is 2.19. The van der Waals surface area contributed by atoms with Gasteiger partial charge in [0, 0.05) is 24.8 Å². The molecule has 1 saturated heterocycles. The number of hydrogen-bond acceptors (Lipinski definition) is 5. The lowest BCUT2D eigenvalue weighted by atomic mass is 10.1. The number of rotatable bonds is 7. The molecule has 154 valence electrons. The zero-order chi connectivity index (χ0) is 20.6. The summed E-state index contributed by atoms with van der Waals surface area (Å²) in [5, 5.41) is 12.3. The largest absolute Gasteiger partial charge is 0.497 e. The molecule has 2 N–H and O–H groups in total. The van der Waals surface area contributed by atoms with Gasteiger partial charge in [-0.05, 0) is 42.7 Å². The summed E-state index contributed by atoms with van der Waals surface area (Å²) < 4.78 is 10.6. The molecule has 0 bridgehead atoms. The van der Waals surface area contributed by atoms with E-state index in [1.807, 2.05) is 12.1 Å². The number of piperidine rings is 1. The summed E-state index contributed by atoms with van der Waals surface area (Å²) in [6, 6.07) is 14.3. The van der Waals surface area contributed by atoms with Crippen LogP contribution in [0.15, 0.2) is 48.5 Å². The second-order valence-electron chi connectivity index (χ2n) is 7.00. The van der Waals surface area contributed by atoms with Crippen LogP contribution in [0.25, 0.3) is 0 Å². The van der Waals surface area contributed by atoms with Crippen LogP contribution in [0.1, 0.15) is 18.4 Å². The number of hydrogen-bond donors (Lipinski definition) is 2. The summed E-state index contributed by atoms with van der Waals surface area (Å²) in [6.45, 7) is 1.08. The van der Waals surface area contributed by atoms with Gasteiger partial charge in [-0.1, -0.05) is 18.2 Å².